The number of carbonyl (C=O) groups is 4. The van der Waals surface area contributed by atoms with Gasteiger partial charge in [0.2, 0.25) is 0 Å². The van der Waals surface area contributed by atoms with Gasteiger partial charge in [0.05, 0.1) is 51.0 Å². The van der Waals surface area contributed by atoms with Crippen LogP contribution in [0.3, 0.4) is 0 Å². The van der Waals surface area contributed by atoms with Crippen LogP contribution in [0.4, 0.5) is 9.59 Å². The van der Waals surface area contributed by atoms with Crippen LogP contribution in [0.25, 0.3) is 4.85 Å². The molecule has 1 spiro atoms. The molecule has 14 heteroatoms. The molecule has 2 unspecified atom stereocenters. The van der Waals surface area contributed by atoms with Crippen molar-refractivity contribution in [3.8, 4) is 29.1 Å². The van der Waals surface area contributed by atoms with Crippen molar-refractivity contribution in [2.75, 3.05) is 13.2 Å². The number of unbranched alkanes of at least 4 members (excludes halogenated alkanes) is 10. The number of hydrogen-bond acceptors (Lipinski definition) is 13. The van der Waals surface area contributed by atoms with Gasteiger partial charge in [-0.15, -0.1) is 0 Å². The standard InChI is InChI=1S/C57H52N2O10S2/c1-4-6-8-10-12-18-32-64-55(62)66-37-28-24-35(25-29-37)52(60)68-48-44-45(47-40-21-15-17-23-42(40)57(47)41-22-16-14-20-39(41)46(44)57)49(51-50(48)70-54(71-51)43(34-58)59-3)69-53(61)36-26-30-38(31-27-36)67-56(63)65-33-19-13-11-9-7-5-2/h14-17,20-31,46-47H,4-13,18-19,32-33H2,1-2H3. The summed E-state index contributed by atoms with van der Waals surface area (Å²) in [6, 6.07) is 30.3. The molecular formula is C57H52N2O10S2. The van der Waals surface area contributed by atoms with Gasteiger partial charge >= 0.3 is 24.2 Å². The smallest absolute Gasteiger partial charge is 0.434 e. The summed E-state index contributed by atoms with van der Waals surface area (Å²) in [5.74, 6) is -1.14. The summed E-state index contributed by atoms with van der Waals surface area (Å²) in [6.45, 7) is 12.7. The Bertz CT molecular complexity index is 2790. The monoisotopic (exact) mass is 988 g/mol. The van der Waals surface area contributed by atoms with Gasteiger partial charge in [-0.2, -0.15) is 0 Å². The minimum Gasteiger partial charge on any atom is -0.434 e. The third-order valence-corrected chi connectivity index (χ3v) is 16.1. The maximum atomic E-state index is 14.4. The van der Waals surface area contributed by atoms with Crippen molar-refractivity contribution in [1.29, 1.82) is 5.26 Å². The number of carbonyl (C=O) groups excluding carboxylic acids is 4. The summed E-state index contributed by atoms with van der Waals surface area (Å²) in [5.41, 5.74) is 5.31. The van der Waals surface area contributed by atoms with E-state index in [0.29, 0.717) is 25.2 Å². The van der Waals surface area contributed by atoms with E-state index in [9.17, 15) is 24.4 Å². The van der Waals surface area contributed by atoms with Crippen molar-refractivity contribution < 1.29 is 47.6 Å². The van der Waals surface area contributed by atoms with E-state index in [2.05, 4.69) is 43.0 Å². The molecule has 1 heterocycles. The molecule has 5 aromatic carbocycles. The third-order valence-electron chi connectivity index (χ3n) is 13.5. The number of nitrogens with zero attached hydrogens (tertiary/aromatic N) is 2. The lowest BCUT2D eigenvalue weighted by Crippen LogP contribution is -2.52. The van der Waals surface area contributed by atoms with E-state index in [0.717, 1.165) is 110 Å². The molecule has 0 aromatic heterocycles. The average molecular weight is 989 g/mol. The molecule has 362 valence electrons. The zero-order valence-electron chi connectivity index (χ0n) is 39.6. The molecule has 9 rings (SSSR count). The summed E-state index contributed by atoms with van der Waals surface area (Å²) in [4.78, 5) is 58.2. The van der Waals surface area contributed by atoms with Crippen LogP contribution in [0.1, 0.15) is 157 Å². The van der Waals surface area contributed by atoms with Gasteiger partial charge in [-0.25, -0.2) is 29.3 Å². The normalized spacial score (nSPS) is 16.9. The van der Waals surface area contributed by atoms with Gasteiger partial charge in [-0.1, -0.05) is 150 Å². The van der Waals surface area contributed by atoms with Crippen LogP contribution >= 0.6 is 23.5 Å². The summed E-state index contributed by atoms with van der Waals surface area (Å²) in [6.07, 6.45) is 10.9. The molecular weight excluding hydrogens is 937 g/mol. The number of fused-ring (bicyclic) bond motifs is 8. The van der Waals surface area contributed by atoms with Crippen molar-refractivity contribution in [2.45, 2.75) is 118 Å². The molecule has 71 heavy (non-hydrogen) atoms. The van der Waals surface area contributed by atoms with Crippen molar-refractivity contribution in [3.05, 3.63) is 163 Å². The van der Waals surface area contributed by atoms with Crippen LogP contribution < -0.4 is 18.9 Å². The van der Waals surface area contributed by atoms with Crippen LogP contribution in [0.15, 0.2) is 117 Å². The summed E-state index contributed by atoms with van der Waals surface area (Å²) >= 11 is 2.24. The number of hydrogen-bond donors (Lipinski definition) is 0. The van der Waals surface area contributed by atoms with Crippen molar-refractivity contribution in [3.63, 3.8) is 0 Å². The molecule has 0 radical (unpaired) electrons. The fraction of sp³-hybridized carbons (Fsp3) is 0.333. The van der Waals surface area contributed by atoms with E-state index < -0.39 is 29.7 Å². The summed E-state index contributed by atoms with van der Waals surface area (Å²) in [5, 5.41) is 10.1. The first kappa shape index (κ1) is 49.0. The topological polar surface area (TPSA) is 152 Å². The maximum absolute atomic E-state index is 14.4. The number of allylic oxidation sites excluding steroid dienone is 1. The summed E-state index contributed by atoms with van der Waals surface area (Å²) in [7, 11) is 0. The second-order valence-electron chi connectivity index (χ2n) is 17.9. The molecule has 0 saturated carbocycles. The number of ether oxygens (including phenoxy) is 6. The molecule has 3 aliphatic carbocycles. The number of thioether (sulfide) groups is 2. The SMILES string of the molecule is [C-]#[N+]C(C#N)=C1Sc2c(OC(=O)c3ccc(OC(=O)OCCCCCCCC)cc3)c3c(c(OC(=O)c4ccc(OC(=O)OCCCCCCCC)cc4)c2S1)C1c2ccccc2C12c1ccccc1C32. The van der Waals surface area contributed by atoms with Gasteiger partial charge in [0.1, 0.15) is 11.5 Å². The number of esters is 2. The van der Waals surface area contributed by atoms with Crippen LogP contribution in [0.2, 0.25) is 0 Å². The molecule has 2 atom stereocenters. The molecule has 5 aromatic rings. The Morgan fingerprint density at radius 3 is 1.39 bits per heavy atom. The summed E-state index contributed by atoms with van der Waals surface area (Å²) < 4.78 is 34.8. The Morgan fingerprint density at radius 2 is 0.986 bits per heavy atom. The van der Waals surface area contributed by atoms with Crippen molar-refractivity contribution in [2.24, 2.45) is 0 Å². The van der Waals surface area contributed by atoms with E-state index in [1.54, 1.807) is 0 Å². The lowest BCUT2D eigenvalue weighted by molar-refractivity contribution is 0.0708. The van der Waals surface area contributed by atoms with Gasteiger partial charge in [-0.05, 0) is 83.6 Å². The Hall–Kier alpha value is -7.00. The zero-order chi connectivity index (χ0) is 49.5. The minimum absolute atomic E-state index is 0.162. The maximum Gasteiger partial charge on any atom is 0.513 e. The molecule has 0 saturated heterocycles. The highest BCUT2D eigenvalue weighted by molar-refractivity contribution is 8.24. The molecule has 4 aliphatic rings. The van der Waals surface area contributed by atoms with Crippen LogP contribution in [0, 0.1) is 17.9 Å². The highest BCUT2D eigenvalue weighted by Gasteiger charge is 2.71. The predicted octanol–water partition coefficient (Wildman–Crippen LogP) is 14.6. The molecule has 0 bridgehead atoms. The second-order valence-corrected chi connectivity index (χ2v) is 20.2. The lowest BCUT2D eigenvalue weighted by Gasteiger charge is -2.58. The fourth-order valence-corrected chi connectivity index (χ4v) is 12.8. The Morgan fingerprint density at radius 1 is 0.577 bits per heavy atom. The third kappa shape index (κ3) is 9.51. The van der Waals surface area contributed by atoms with Gasteiger partial charge in [-0.3, -0.25) is 0 Å². The number of benzene rings is 5. The molecule has 1 aliphatic heterocycles. The average Bonchev–Trinajstić information content (AvgIpc) is 3.91. The largest absolute Gasteiger partial charge is 0.513 e. The van der Waals surface area contributed by atoms with E-state index in [4.69, 9.17) is 35.0 Å². The second kappa shape index (κ2) is 22.0. The Kier molecular flexibility index (Phi) is 15.2. The highest BCUT2D eigenvalue weighted by Crippen LogP contribution is 2.81. The predicted molar refractivity (Wildman–Crippen MR) is 268 cm³/mol. The Labute approximate surface area is 421 Å². The van der Waals surface area contributed by atoms with E-state index >= 15 is 0 Å². The van der Waals surface area contributed by atoms with E-state index in [-0.39, 0.29) is 64.9 Å². The van der Waals surface area contributed by atoms with E-state index in [1.807, 2.05) is 30.3 Å². The van der Waals surface area contributed by atoms with Crippen LogP contribution in [0.5, 0.6) is 23.0 Å². The molecule has 0 fully saturated rings. The van der Waals surface area contributed by atoms with Gasteiger partial charge in [0.25, 0.3) is 5.70 Å². The van der Waals surface area contributed by atoms with Gasteiger partial charge < -0.3 is 28.4 Å². The fourth-order valence-electron chi connectivity index (χ4n) is 10.3. The number of nitriles is 1. The van der Waals surface area contributed by atoms with Crippen LogP contribution in [-0.2, 0) is 14.9 Å². The highest BCUT2D eigenvalue weighted by atomic mass is 32.2. The first-order chi connectivity index (χ1) is 34.7. The van der Waals surface area contributed by atoms with Crippen molar-refractivity contribution in [1.82, 2.24) is 0 Å². The zero-order valence-corrected chi connectivity index (χ0v) is 41.2. The van der Waals surface area contributed by atoms with Gasteiger partial charge in [0, 0.05) is 28.4 Å². The van der Waals surface area contributed by atoms with E-state index in [1.165, 1.54) is 61.4 Å². The molecule has 0 N–H and O–H groups in total. The molecule has 0 amide bonds. The lowest BCUT2D eigenvalue weighted by atomic mass is 9.43. The van der Waals surface area contributed by atoms with Crippen molar-refractivity contribution >= 4 is 47.8 Å². The number of rotatable bonds is 20. The van der Waals surface area contributed by atoms with Crippen LogP contribution in [-0.4, -0.2) is 37.5 Å². The first-order valence-corrected chi connectivity index (χ1v) is 26.0. The minimum atomic E-state index is -0.831. The Balaban J connectivity index is 1.03. The molecule has 12 nitrogen and oxygen atoms in total. The quantitative estimate of drug-likeness (QED) is 0.0182. The first-order valence-electron chi connectivity index (χ1n) is 24.4. The van der Waals surface area contributed by atoms with Gasteiger partial charge in [0.15, 0.2) is 11.5 Å².